The number of aryl methyl sites for hydroxylation is 2. The fourth-order valence-corrected chi connectivity index (χ4v) is 2.35. The number of fused-ring (bicyclic) bond motifs is 1. The van der Waals surface area contributed by atoms with E-state index in [0.29, 0.717) is 12.0 Å². The number of rotatable bonds is 0. The molecule has 0 saturated heterocycles. The van der Waals surface area contributed by atoms with Crippen molar-refractivity contribution in [3.05, 3.63) is 28.8 Å². The maximum Gasteiger partial charge on any atom is 0.0380 e. The van der Waals surface area contributed by atoms with E-state index in [2.05, 4.69) is 45.1 Å². The number of benzene rings is 1. The molecule has 1 nitrogen and oxygen atoms in total. The van der Waals surface area contributed by atoms with Crippen molar-refractivity contribution < 1.29 is 0 Å². The van der Waals surface area contributed by atoms with Crippen molar-refractivity contribution in [2.75, 3.05) is 5.32 Å². The predicted molar refractivity (Wildman–Crippen MR) is 62.0 cm³/mol. The van der Waals surface area contributed by atoms with E-state index >= 15 is 0 Å². The Hall–Kier alpha value is -0.980. The molecule has 1 heteroatoms. The fraction of sp³-hybridized carbons (Fsp3) is 0.538. The first-order chi connectivity index (χ1) is 6.58. The second-order valence-electron chi connectivity index (χ2n) is 4.71. The molecule has 76 valence electrons. The molecule has 1 aliphatic rings. The SMILES string of the molecule is Cc1cc2c(cc1C)C(C)CC(C)N2. The molecule has 14 heavy (non-hydrogen) atoms. The monoisotopic (exact) mass is 189 g/mol. The van der Waals surface area contributed by atoms with Crippen molar-refractivity contribution in [3.8, 4) is 0 Å². The van der Waals surface area contributed by atoms with Gasteiger partial charge in [-0.25, -0.2) is 0 Å². The summed E-state index contributed by atoms with van der Waals surface area (Å²) in [5, 5.41) is 3.56. The molecule has 1 aliphatic heterocycles. The Morgan fingerprint density at radius 2 is 1.79 bits per heavy atom. The Morgan fingerprint density at radius 1 is 1.14 bits per heavy atom. The van der Waals surface area contributed by atoms with Crippen LogP contribution in [-0.4, -0.2) is 6.04 Å². The summed E-state index contributed by atoms with van der Waals surface area (Å²) in [4.78, 5) is 0. The molecule has 0 amide bonds. The summed E-state index contributed by atoms with van der Waals surface area (Å²) in [7, 11) is 0. The molecule has 0 fully saturated rings. The van der Waals surface area contributed by atoms with Gasteiger partial charge in [0.2, 0.25) is 0 Å². The van der Waals surface area contributed by atoms with E-state index in [9.17, 15) is 0 Å². The van der Waals surface area contributed by atoms with Gasteiger partial charge in [-0.2, -0.15) is 0 Å². The molecular weight excluding hydrogens is 170 g/mol. The van der Waals surface area contributed by atoms with Crippen molar-refractivity contribution >= 4 is 5.69 Å². The molecule has 0 aromatic heterocycles. The topological polar surface area (TPSA) is 12.0 Å². The van der Waals surface area contributed by atoms with Crippen molar-refractivity contribution in [1.29, 1.82) is 0 Å². The molecule has 1 N–H and O–H groups in total. The normalized spacial score (nSPS) is 25.4. The highest BCUT2D eigenvalue weighted by atomic mass is 14.9. The van der Waals surface area contributed by atoms with Crippen LogP contribution in [0.1, 0.15) is 42.9 Å². The Kier molecular flexibility index (Phi) is 2.26. The smallest absolute Gasteiger partial charge is 0.0380 e. The second kappa shape index (κ2) is 3.30. The van der Waals surface area contributed by atoms with Crippen molar-refractivity contribution in [1.82, 2.24) is 0 Å². The van der Waals surface area contributed by atoms with Crippen LogP contribution in [-0.2, 0) is 0 Å². The standard InChI is InChI=1S/C13H19N/c1-8-6-12-10(3)5-11(4)14-13(12)7-9(8)2/h6-7,10-11,14H,5H2,1-4H3. The third-order valence-electron chi connectivity index (χ3n) is 3.31. The molecule has 2 atom stereocenters. The van der Waals surface area contributed by atoms with Gasteiger partial charge < -0.3 is 5.32 Å². The van der Waals surface area contributed by atoms with E-state index in [0.717, 1.165) is 0 Å². The van der Waals surface area contributed by atoms with Crippen molar-refractivity contribution in [3.63, 3.8) is 0 Å². The van der Waals surface area contributed by atoms with E-state index in [1.807, 2.05) is 0 Å². The lowest BCUT2D eigenvalue weighted by atomic mass is 9.87. The minimum absolute atomic E-state index is 0.611. The third-order valence-corrected chi connectivity index (χ3v) is 3.31. The summed E-state index contributed by atoms with van der Waals surface area (Å²) in [5.41, 5.74) is 5.63. The highest BCUT2D eigenvalue weighted by Gasteiger charge is 2.20. The van der Waals surface area contributed by atoms with Crippen LogP contribution >= 0.6 is 0 Å². The van der Waals surface area contributed by atoms with Gasteiger partial charge in [0.05, 0.1) is 0 Å². The van der Waals surface area contributed by atoms with Crippen LogP contribution in [0.15, 0.2) is 12.1 Å². The number of anilines is 1. The highest BCUT2D eigenvalue weighted by molar-refractivity contribution is 5.58. The average molecular weight is 189 g/mol. The molecule has 0 saturated carbocycles. The molecular formula is C13H19N. The van der Waals surface area contributed by atoms with Crippen LogP contribution in [0.3, 0.4) is 0 Å². The summed E-state index contributed by atoms with van der Waals surface area (Å²) in [6.45, 7) is 8.96. The summed E-state index contributed by atoms with van der Waals surface area (Å²) < 4.78 is 0. The van der Waals surface area contributed by atoms with Crippen LogP contribution < -0.4 is 5.32 Å². The fourth-order valence-electron chi connectivity index (χ4n) is 2.35. The zero-order valence-corrected chi connectivity index (χ0v) is 9.52. The van der Waals surface area contributed by atoms with Crippen LogP contribution in [0, 0.1) is 13.8 Å². The Bertz CT molecular complexity index is 354. The van der Waals surface area contributed by atoms with Crippen LogP contribution in [0.5, 0.6) is 0 Å². The third kappa shape index (κ3) is 1.52. The van der Waals surface area contributed by atoms with E-state index in [1.165, 1.54) is 28.8 Å². The van der Waals surface area contributed by atoms with E-state index < -0.39 is 0 Å². The largest absolute Gasteiger partial charge is 0.382 e. The van der Waals surface area contributed by atoms with Gasteiger partial charge in [0.15, 0.2) is 0 Å². The maximum absolute atomic E-state index is 3.56. The van der Waals surface area contributed by atoms with Gasteiger partial charge in [-0.1, -0.05) is 13.0 Å². The lowest BCUT2D eigenvalue weighted by molar-refractivity contribution is 0.589. The van der Waals surface area contributed by atoms with E-state index in [4.69, 9.17) is 0 Å². The van der Waals surface area contributed by atoms with E-state index in [1.54, 1.807) is 0 Å². The molecule has 2 unspecified atom stereocenters. The lowest BCUT2D eigenvalue weighted by Gasteiger charge is -2.30. The molecule has 1 aromatic rings. The zero-order chi connectivity index (χ0) is 10.3. The lowest BCUT2D eigenvalue weighted by Crippen LogP contribution is -2.24. The highest BCUT2D eigenvalue weighted by Crippen LogP contribution is 2.35. The molecule has 0 bridgehead atoms. The quantitative estimate of drug-likeness (QED) is 0.657. The van der Waals surface area contributed by atoms with Gasteiger partial charge in [-0.15, -0.1) is 0 Å². The van der Waals surface area contributed by atoms with Gasteiger partial charge in [0, 0.05) is 11.7 Å². The van der Waals surface area contributed by atoms with Crippen LogP contribution in [0.4, 0.5) is 5.69 Å². The van der Waals surface area contributed by atoms with Gasteiger partial charge >= 0.3 is 0 Å². The van der Waals surface area contributed by atoms with Crippen molar-refractivity contribution in [2.24, 2.45) is 0 Å². The van der Waals surface area contributed by atoms with Crippen molar-refractivity contribution in [2.45, 2.75) is 46.1 Å². The Balaban J connectivity index is 2.49. The van der Waals surface area contributed by atoms with Gasteiger partial charge in [-0.3, -0.25) is 0 Å². The van der Waals surface area contributed by atoms with Crippen LogP contribution in [0.25, 0.3) is 0 Å². The number of hydrogen-bond donors (Lipinski definition) is 1. The number of nitrogens with one attached hydrogen (secondary N) is 1. The minimum Gasteiger partial charge on any atom is -0.382 e. The summed E-state index contributed by atoms with van der Waals surface area (Å²) in [6, 6.07) is 5.24. The zero-order valence-electron chi connectivity index (χ0n) is 9.52. The van der Waals surface area contributed by atoms with Gasteiger partial charge in [0.25, 0.3) is 0 Å². The predicted octanol–water partition coefficient (Wildman–Crippen LogP) is 3.61. The van der Waals surface area contributed by atoms with Crippen LogP contribution in [0.2, 0.25) is 0 Å². The molecule has 2 rings (SSSR count). The molecule has 0 aliphatic carbocycles. The first kappa shape index (κ1) is 9.57. The molecule has 1 aromatic carbocycles. The minimum atomic E-state index is 0.611. The molecule has 1 heterocycles. The summed E-state index contributed by atoms with van der Waals surface area (Å²) in [6.07, 6.45) is 1.25. The first-order valence-electron chi connectivity index (χ1n) is 5.45. The summed E-state index contributed by atoms with van der Waals surface area (Å²) >= 11 is 0. The Labute approximate surface area is 86.5 Å². The number of hydrogen-bond acceptors (Lipinski definition) is 1. The Morgan fingerprint density at radius 3 is 2.50 bits per heavy atom. The van der Waals surface area contributed by atoms with Gasteiger partial charge in [0.1, 0.15) is 0 Å². The molecule has 0 radical (unpaired) electrons. The first-order valence-corrected chi connectivity index (χ1v) is 5.45. The average Bonchev–Trinajstić information content (AvgIpc) is 2.08. The molecule has 0 spiro atoms. The van der Waals surface area contributed by atoms with E-state index in [-0.39, 0.29) is 0 Å². The van der Waals surface area contributed by atoms with Gasteiger partial charge in [-0.05, 0) is 55.9 Å². The summed E-state index contributed by atoms with van der Waals surface area (Å²) in [5.74, 6) is 0.695. The maximum atomic E-state index is 3.56. The second-order valence-corrected chi connectivity index (χ2v) is 4.71.